The molecule has 0 unspecified atom stereocenters. The van der Waals surface area contributed by atoms with E-state index >= 15 is 0 Å². The molecule has 0 saturated heterocycles. The monoisotopic (exact) mass is 619 g/mol. The topological polar surface area (TPSA) is 94.5 Å². The van der Waals surface area contributed by atoms with E-state index in [1.165, 1.54) is 5.56 Å². The Morgan fingerprint density at radius 3 is 2.40 bits per heavy atom. The second-order valence-corrected chi connectivity index (χ2v) is 11.2. The molecule has 7 nitrogen and oxygen atoms in total. The van der Waals surface area contributed by atoms with E-state index in [9.17, 15) is 4.79 Å². The summed E-state index contributed by atoms with van der Waals surface area (Å²) in [5.41, 5.74) is 11.6. The zero-order chi connectivity index (χ0) is 30.6. The van der Waals surface area contributed by atoms with Crippen molar-refractivity contribution >= 4 is 34.8 Å². The maximum Gasteiger partial charge on any atom is 0.271 e. The number of unbranched alkanes of at least 4 members (excludes halogenated alkanes) is 3. The Labute approximate surface area is 264 Å². The highest BCUT2D eigenvalue weighted by molar-refractivity contribution is 6.33. The lowest BCUT2D eigenvalue weighted by Crippen LogP contribution is -2.26. The van der Waals surface area contributed by atoms with Crippen LogP contribution in [0, 0.1) is 6.92 Å². The SMILES string of the molecule is CCc1c(C(=O)NCCCCCC/C(=N\OCCN)c2ccc(C)cc2)nc(-c2ccccc2Cl)n1-c1ccc(Cl)cc1. The van der Waals surface area contributed by atoms with Gasteiger partial charge in [0, 0.05) is 29.4 Å². The fraction of sp³-hybridized carbons (Fsp3) is 0.324. The van der Waals surface area contributed by atoms with Crippen LogP contribution in [0.5, 0.6) is 0 Å². The molecule has 0 aliphatic heterocycles. The number of halogens is 2. The number of nitrogens with one attached hydrogen (secondary N) is 1. The van der Waals surface area contributed by atoms with Crippen LogP contribution in [-0.4, -0.2) is 40.9 Å². The van der Waals surface area contributed by atoms with Crippen molar-refractivity contribution in [1.82, 2.24) is 14.9 Å². The zero-order valence-electron chi connectivity index (χ0n) is 24.8. The Morgan fingerprint density at radius 1 is 0.977 bits per heavy atom. The smallest absolute Gasteiger partial charge is 0.271 e. The van der Waals surface area contributed by atoms with Gasteiger partial charge in [-0.1, -0.05) is 90.1 Å². The van der Waals surface area contributed by atoms with Gasteiger partial charge in [0.1, 0.15) is 18.1 Å². The molecule has 226 valence electrons. The first-order valence-corrected chi connectivity index (χ1v) is 15.5. The summed E-state index contributed by atoms with van der Waals surface area (Å²) in [6.07, 6.45) is 5.26. The molecule has 43 heavy (non-hydrogen) atoms. The largest absolute Gasteiger partial charge is 0.394 e. The second-order valence-electron chi connectivity index (χ2n) is 10.3. The minimum Gasteiger partial charge on any atom is -0.394 e. The lowest BCUT2D eigenvalue weighted by molar-refractivity contribution is 0.0947. The van der Waals surface area contributed by atoms with Crippen molar-refractivity contribution in [1.29, 1.82) is 0 Å². The average molecular weight is 621 g/mol. The van der Waals surface area contributed by atoms with Crippen molar-refractivity contribution in [3.05, 3.63) is 105 Å². The maximum atomic E-state index is 13.4. The predicted molar refractivity (Wildman–Crippen MR) is 177 cm³/mol. The van der Waals surface area contributed by atoms with Crippen molar-refractivity contribution in [2.75, 3.05) is 19.7 Å². The molecule has 9 heteroatoms. The number of hydrogen-bond donors (Lipinski definition) is 2. The van der Waals surface area contributed by atoms with Crippen LogP contribution < -0.4 is 11.1 Å². The van der Waals surface area contributed by atoms with Crippen LogP contribution in [0.3, 0.4) is 0 Å². The number of nitrogens with zero attached hydrogens (tertiary/aromatic N) is 3. The van der Waals surface area contributed by atoms with Gasteiger partial charge >= 0.3 is 0 Å². The zero-order valence-corrected chi connectivity index (χ0v) is 26.3. The number of carbonyl (C=O) groups excluding carboxylic acids is 1. The minimum atomic E-state index is -0.191. The molecule has 0 saturated carbocycles. The van der Waals surface area contributed by atoms with Crippen molar-refractivity contribution in [2.24, 2.45) is 10.9 Å². The minimum absolute atomic E-state index is 0.191. The molecule has 0 aliphatic rings. The molecule has 3 N–H and O–H groups in total. The van der Waals surface area contributed by atoms with Gasteiger partial charge in [0.15, 0.2) is 0 Å². The summed E-state index contributed by atoms with van der Waals surface area (Å²) >= 11 is 12.7. The fourth-order valence-electron chi connectivity index (χ4n) is 4.87. The molecule has 0 fully saturated rings. The number of aryl methyl sites for hydroxylation is 1. The number of carbonyl (C=O) groups is 1. The summed E-state index contributed by atoms with van der Waals surface area (Å²) in [6.45, 7) is 5.48. The first-order chi connectivity index (χ1) is 20.9. The van der Waals surface area contributed by atoms with E-state index in [1.807, 2.05) is 60.0 Å². The third kappa shape index (κ3) is 8.69. The predicted octanol–water partition coefficient (Wildman–Crippen LogP) is 7.78. The van der Waals surface area contributed by atoms with Crippen LogP contribution in [0.25, 0.3) is 17.1 Å². The van der Waals surface area contributed by atoms with Gasteiger partial charge in [-0.25, -0.2) is 4.98 Å². The standard InChI is InChI=1S/C34H39Cl2N5O2/c1-3-31-32(39-33(28-10-7-8-11-29(28)36)41(31)27-19-17-26(35)18-20-27)34(42)38-22-9-5-4-6-12-30(40-43-23-21-37)25-15-13-24(2)14-16-25/h7-8,10-11,13-20H,3-6,9,12,21-23,37H2,1-2H3,(H,38,42)/b40-30+. The number of nitrogens with two attached hydrogens (primary N) is 1. The Kier molecular flexibility index (Phi) is 12.2. The number of amides is 1. The van der Waals surface area contributed by atoms with Crippen molar-refractivity contribution in [3.63, 3.8) is 0 Å². The molecule has 0 spiro atoms. The van der Waals surface area contributed by atoms with E-state index in [1.54, 1.807) is 0 Å². The molecular formula is C34H39Cl2N5O2. The third-order valence-electron chi connectivity index (χ3n) is 7.12. The lowest BCUT2D eigenvalue weighted by atomic mass is 10.0. The van der Waals surface area contributed by atoms with Crippen molar-refractivity contribution in [2.45, 2.75) is 52.4 Å². The molecule has 4 rings (SSSR count). The summed E-state index contributed by atoms with van der Waals surface area (Å²) in [5.74, 6) is 0.431. The number of hydrogen-bond acceptors (Lipinski definition) is 5. The Balaban J connectivity index is 1.38. The van der Waals surface area contributed by atoms with Gasteiger partial charge in [-0.15, -0.1) is 0 Å². The summed E-state index contributed by atoms with van der Waals surface area (Å²) in [4.78, 5) is 23.6. The molecule has 3 aromatic carbocycles. The van der Waals surface area contributed by atoms with Crippen LogP contribution in [-0.2, 0) is 11.3 Å². The molecule has 1 amide bonds. The molecule has 0 atom stereocenters. The number of aromatic nitrogens is 2. The number of oxime groups is 1. The highest BCUT2D eigenvalue weighted by Crippen LogP contribution is 2.32. The Morgan fingerprint density at radius 2 is 1.70 bits per heavy atom. The Hall–Kier alpha value is -3.65. The number of rotatable bonds is 15. The molecule has 1 heterocycles. The van der Waals surface area contributed by atoms with Crippen LogP contribution in [0.4, 0.5) is 0 Å². The van der Waals surface area contributed by atoms with Crippen LogP contribution in [0.1, 0.15) is 66.3 Å². The van der Waals surface area contributed by atoms with Crippen LogP contribution in [0.2, 0.25) is 10.0 Å². The van der Waals surface area contributed by atoms with Gasteiger partial charge in [-0.2, -0.15) is 0 Å². The first kappa shape index (κ1) is 32.3. The molecule has 1 aromatic heterocycles. The fourth-order valence-corrected chi connectivity index (χ4v) is 5.22. The first-order valence-electron chi connectivity index (χ1n) is 14.8. The molecule has 0 aliphatic carbocycles. The molecule has 0 radical (unpaired) electrons. The van der Waals surface area contributed by atoms with E-state index in [0.29, 0.717) is 47.7 Å². The van der Waals surface area contributed by atoms with Gasteiger partial charge in [0.2, 0.25) is 0 Å². The maximum absolute atomic E-state index is 13.4. The number of benzene rings is 3. The Bertz CT molecular complexity index is 1520. The van der Waals surface area contributed by atoms with Crippen molar-refractivity contribution < 1.29 is 9.63 Å². The van der Waals surface area contributed by atoms with Gasteiger partial charge in [0.25, 0.3) is 5.91 Å². The average Bonchev–Trinajstić information content (AvgIpc) is 3.40. The van der Waals surface area contributed by atoms with Gasteiger partial charge in [-0.3, -0.25) is 9.36 Å². The number of imidazole rings is 1. The second kappa shape index (κ2) is 16.3. The summed E-state index contributed by atoms with van der Waals surface area (Å²) in [6, 6.07) is 23.3. The molecule has 0 bridgehead atoms. The van der Waals surface area contributed by atoms with E-state index in [-0.39, 0.29) is 5.91 Å². The van der Waals surface area contributed by atoms with E-state index in [0.717, 1.165) is 60.3 Å². The van der Waals surface area contributed by atoms with E-state index in [2.05, 4.69) is 41.7 Å². The third-order valence-corrected chi connectivity index (χ3v) is 7.70. The van der Waals surface area contributed by atoms with E-state index < -0.39 is 0 Å². The van der Waals surface area contributed by atoms with Crippen molar-refractivity contribution in [3.8, 4) is 17.1 Å². The van der Waals surface area contributed by atoms with Crippen LogP contribution in [0.15, 0.2) is 78.0 Å². The summed E-state index contributed by atoms with van der Waals surface area (Å²) in [7, 11) is 0. The van der Waals surface area contributed by atoms with Crippen LogP contribution >= 0.6 is 23.2 Å². The lowest BCUT2D eigenvalue weighted by Gasteiger charge is -2.13. The molecule has 4 aromatic rings. The quantitative estimate of drug-likeness (QED) is 0.0807. The van der Waals surface area contributed by atoms with Gasteiger partial charge < -0.3 is 15.9 Å². The van der Waals surface area contributed by atoms with E-state index in [4.69, 9.17) is 38.8 Å². The highest BCUT2D eigenvalue weighted by Gasteiger charge is 2.24. The highest BCUT2D eigenvalue weighted by atomic mass is 35.5. The summed E-state index contributed by atoms with van der Waals surface area (Å²) in [5, 5.41) is 8.63. The summed E-state index contributed by atoms with van der Waals surface area (Å²) < 4.78 is 2.00. The van der Waals surface area contributed by atoms with Gasteiger partial charge in [0.05, 0.1) is 16.4 Å². The van der Waals surface area contributed by atoms with Gasteiger partial charge in [-0.05, 0) is 74.6 Å². The normalized spacial score (nSPS) is 11.5. The molecular weight excluding hydrogens is 581 g/mol.